The van der Waals surface area contributed by atoms with Crippen LogP contribution in [0.1, 0.15) is 29.7 Å². The number of aromatic nitrogens is 1. The molecular formula is C9H14N2S. The van der Waals surface area contributed by atoms with E-state index in [1.54, 1.807) is 0 Å². The molecule has 1 fully saturated rings. The van der Waals surface area contributed by atoms with Crippen LogP contribution >= 0.6 is 11.3 Å². The molecule has 0 radical (unpaired) electrons. The second-order valence-electron chi connectivity index (χ2n) is 3.23. The Morgan fingerprint density at radius 2 is 2.50 bits per heavy atom. The minimum atomic E-state index is 0.803. The third kappa shape index (κ3) is 2.05. The maximum absolute atomic E-state index is 4.31. The summed E-state index contributed by atoms with van der Waals surface area (Å²) in [6.45, 7) is 3.17. The van der Waals surface area contributed by atoms with Crippen LogP contribution < -0.4 is 5.32 Å². The average Bonchev–Trinajstić information content (AvgIpc) is 2.81. The topological polar surface area (TPSA) is 24.9 Å². The molecular weight excluding hydrogens is 168 g/mol. The Hall–Kier alpha value is -0.410. The highest BCUT2D eigenvalue weighted by molar-refractivity contribution is 7.11. The molecule has 0 amide bonds. The monoisotopic (exact) mass is 182 g/mol. The lowest BCUT2D eigenvalue weighted by Crippen LogP contribution is -2.14. The zero-order chi connectivity index (χ0) is 8.39. The quantitative estimate of drug-likeness (QED) is 0.770. The summed E-state index contributed by atoms with van der Waals surface area (Å²) in [6, 6.07) is 0.803. The van der Waals surface area contributed by atoms with E-state index >= 15 is 0 Å². The molecule has 1 heterocycles. The molecule has 0 saturated heterocycles. The van der Waals surface area contributed by atoms with Crippen LogP contribution in [0.15, 0.2) is 6.20 Å². The van der Waals surface area contributed by atoms with E-state index in [1.165, 1.54) is 22.7 Å². The number of nitrogens with zero attached hydrogens (tertiary/aromatic N) is 1. The predicted octanol–water partition coefficient (Wildman–Crippen LogP) is 1.96. The lowest BCUT2D eigenvalue weighted by Gasteiger charge is -1.96. The first-order valence-electron chi connectivity index (χ1n) is 4.55. The van der Waals surface area contributed by atoms with E-state index < -0.39 is 0 Å². The Morgan fingerprint density at radius 1 is 1.67 bits per heavy atom. The standard InChI is InChI=1S/C9H14N2S/c1-2-9-11-6-8(12-9)5-10-7-3-4-7/h6-7,10H,2-5H2,1H3. The summed E-state index contributed by atoms with van der Waals surface area (Å²) in [7, 11) is 0. The van der Waals surface area contributed by atoms with E-state index in [1.807, 2.05) is 17.5 Å². The van der Waals surface area contributed by atoms with Crippen molar-refractivity contribution in [3.05, 3.63) is 16.1 Å². The van der Waals surface area contributed by atoms with Crippen molar-refractivity contribution < 1.29 is 0 Å². The summed E-state index contributed by atoms with van der Waals surface area (Å²) in [4.78, 5) is 5.69. The van der Waals surface area contributed by atoms with Gasteiger partial charge in [-0.1, -0.05) is 6.92 Å². The van der Waals surface area contributed by atoms with Crippen molar-refractivity contribution in [2.45, 2.75) is 38.8 Å². The average molecular weight is 182 g/mol. The van der Waals surface area contributed by atoms with Crippen molar-refractivity contribution in [3.8, 4) is 0 Å². The fraction of sp³-hybridized carbons (Fsp3) is 0.667. The zero-order valence-corrected chi connectivity index (χ0v) is 8.16. The normalized spacial score (nSPS) is 16.8. The van der Waals surface area contributed by atoms with Crippen LogP contribution in [0, 0.1) is 0 Å². The van der Waals surface area contributed by atoms with Crippen molar-refractivity contribution in [3.63, 3.8) is 0 Å². The third-order valence-electron chi connectivity index (χ3n) is 2.05. The summed E-state index contributed by atoms with van der Waals surface area (Å²) in [6.07, 6.45) is 5.78. The smallest absolute Gasteiger partial charge is 0.0925 e. The van der Waals surface area contributed by atoms with E-state index in [4.69, 9.17) is 0 Å². The molecule has 2 rings (SSSR count). The van der Waals surface area contributed by atoms with Crippen LogP contribution in [0.5, 0.6) is 0 Å². The predicted molar refractivity (Wildman–Crippen MR) is 51.4 cm³/mol. The van der Waals surface area contributed by atoms with Crippen LogP contribution in [0.3, 0.4) is 0 Å². The third-order valence-corrected chi connectivity index (χ3v) is 3.19. The number of hydrogen-bond acceptors (Lipinski definition) is 3. The van der Waals surface area contributed by atoms with Gasteiger partial charge in [-0.3, -0.25) is 0 Å². The molecule has 0 aromatic carbocycles. The molecule has 0 spiro atoms. The van der Waals surface area contributed by atoms with Crippen molar-refractivity contribution in [2.24, 2.45) is 0 Å². The molecule has 3 heteroatoms. The molecule has 1 aromatic heterocycles. The Bertz CT molecular complexity index is 253. The lowest BCUT2D eigenvalue weighted by molar-refractivity contribution is 0.694. The Morgan fingerprint density at radius 3 is 3.08 bits per heavy atom. The minimum absolute atomic E-state index is 0.803. The first-order chi connectivity index (χ1) is 5.88. The van der Waals surface area contributed by atoms with Crippen LogP contribution in [-0.2, 0) is 13.0 Å². The van der Waals surface area contributed by atoms with Gasteiger partial charge in [-0.25, -0.2) is 4.98 Å². The molecule has 2 nitrogen and oxygen atoms in total. The minimum Gasteiger partial charge on any atom is -0.309 e. The molecule has 1 aliphatic carbocycles. The fourth-order valence-corrected chi connectivity index (χ4v) is 1.94. The molecule has 12 heavy (non-hydrogen) atoms. The summed E-state index contributed by atoms with van der Waals surface area (Å²) < 4.78 is 0. The molecule has 1 aromatic rings. The summed E-state index contributed by atoms with van der Waals surface area (Å²) in [5.74, 6) is 0. The van der Waals surface area contributed by atoms with E-state index in [9.17, 15) is 0 Å². The molecule has 0 atom stereocenters. The second-order valence-corrected chi connectivity index (χ2v) is 4.43. The highest BCUT2D eigenvalue weighted by Crippen LogP contribution is 2.20. The maximum atomic E-state index is 4.31. The molecule has 0 aliphatic heterocycles. The number of aryl methyl sites for hydroxylation is 1. The van der Waals surface area contributed by atoms with Gasteiger partial charge in [0.2, 0.25) is 0 Å². The first-order valence-corrected chi connectivity index (χ1v) is 5.37. The Balaban J connectivity index is 1.84. The molecule has 0 bridgehead atoms. The Labute approximate surface area is 77.0 Å². The van der Waals surface area contributed by atoms with Crippen LogP contribution in [0.4, 0.5) is 0 Å². The lowest BCUT2D eigenvalue weighted by atomic mass is 10.5. The zero-order valence-electron chi connectivity index (χ0n) is 7.34. The molecule has 1 N–H and O–H groups in total. The van der Waals surface area contributed by atoms with Crippen molar-refractivity contribution in [1.29, 1.82) is 0 Å². The molecule has 66 valence electrons. The van der Waals surface area contributed by atoms with Crippen LogP contribution in [0.25, 0.3) is 0 Å². The van der Waals surface area contributed by atoms with Gasteiger partial charge in [0.1, 0.15) is 0 Å². The van der Waals surface area contributed by atoms with E-state index in [-0.39, 0.29) is 0 Å². The first kappa shape index (κ1) is 8.20. The fourth-order valence-electron chi connectivity index (χ4n) is 1.13. The number of rotatable bonds is 4. The van der Waals surface area contributed by atoms with Crippen molar-refractivity contribution >= 4 is 11.3 Å². The van der Waals surface area contributed by atoms with Gasteiger partial charge in [0.15, 0.2) is 0 Å². The van der Waals surface area contributed by atoms with E-state index in [0.717, 1.165) is 19.0 Å². The van der Waals surface area contributed by atoms with Gasteiger partial charge >= 0.3 is 0 Å². The van der Waals surface area contributed by atoms with Gasteiger partial charge in [-0.15, -0.1) is 11.3 Å². The summed E-state index contributed by atoms with van der Waals surface area (Å²) >= 11 is 1.83. The van der Waals surface area contributed by atoms with Gasteiger partial charge < -0.3 is 5.32 Å². The number of thiazole rings is 1. The van der Waals surface area contributed by atoms with Gasteiger partial charge in [0, 0.05) is 23.7 Å². The molecule has 0 unspecified atom stereocenters. The highest BCUT2D eigenvalue weighted by Gasteiger charge is 2.20. The molecule has 1 aliphatic rings. The Kier molecular flexibility index (Phi) is 2.42. The van der Waals surface area contributed by atoms with Gasteiger partial charge in [0.25, 0.3) is 0 Å². The maximum Gasteiger partial charge on any atom is 0.0925 e. The largest absolute Gasteiger partial charge is 0.309 e. The summed E-state index contributed by atoms with van der Waals surface area (Å²) in [5.41, 5.74) is 0. The van der Waals surface area contributed by atoms with Crippen molar-refractivity contribution in [2.75, 3.05) is 0 Å². The van der Waals surface area contributed by atoms with Crippen molar-refractivity contribution in [1.82, 2.24) is 10.3 Å². The molecule has 1 saturated carbocycles. The summed E-state index contributed by atoms with van der Waals surface area (Å²) in [5, 5.41) is 4.73. The number of hydrogen-bond donors (Lipinski definition) is 1. The highest BCUT2D eigenvalue weighted by atomic mass is 32.1. The van der Waals surface area contributed by atoms with E-state index in [0.29, 0.717) is 0 Å². The van der Waals surface area contributed by atoms with Gasteiger partial charge in [-0.2, -0.15) is 0 Å². The van der Waals surface area contributed by atoms with Crippen LogP contribution in [-0.4, -0.2) is 11.0 Å². The SMILES string of the molecule is CCc1ncc(CNC2CC2)s1. The van der Waals surface area contributed by atoms with Gasteiger partial charge in [0.05, 0.1) is 5.01 Å². The van der Waals surface area contributed by atoms with Crippen LogP contribution in [0.2, 0.25) is 0 Å². The van der Waals surface area contributed by atoms with Gasteiger partial charge in [-0.05, 0) is 19.3 Å². The number of nitrogens with one attached hydrogen (secondary N) is 1. The van der Waals surface area contributed by atoms with E-state index in [2.05, 4.69) is 17.2 Å². The second kappa shape index (κ2) is 3.54.